The van der Waals surface area contributed by atoms with Crippen LogP contribution in [-0.2, 0) is 16.1 Å². The molecule has 0 saturated carbocycles. The van der Waals surface area contributed by atoms with E-state index in [0.717, 1.165) is 5.69 Å². The highest BCUT2D eigenvalue weighted by Gasteiger charge is 2.43. The molecule has 2 heterocycles. The molecule has 2 amide bonds. The van der Waals surface area contributed by atoms with E-state index >= 15 is 0 Å². The van der Waals surface area contributed by atoms with Crippen molar-refractivity contribution in [1.29, 1.82) is 0 Å². The van der Waals surface area contributed by atoms with E-state index in [1.54, 1.807) is 42.5 Å². The van der Waals surface area contributed by atoms with Crippen LogP contribution in [0, 0.1) is 5.82 Å². The fourth-order valence-electron chi connectivity index (χ4n) is 4.13. The maximum Gasteiger partial charge on any atom is 0.254 e. The molecule has 0 fully saturated rings. The van der Waals surface area contributed by atoms with Crippen molar-refractivity contribution in [3.8, 4) is 0 Å². The molecule has 1 aliphatic rings. The molecule has 1 N–H and O–H groups in total. The fourth-order valence-corrected chi connectivity index (χ4v) is 4.13. The number of aromatic nitrogens is 1. The molecule has 4 rings (SSSR count). The number of carbonyl (C=O) groups excluding carboxylic acids is 2. The van der Waals surface area contributed by atoms with Gasteiger partial charge in [-0.05, 0) is 41.5 Å². The summed E-state index contributed by atoms with van der Waals surface area (Å²) in [5, 5.41) is 2.97. The molecule has 3 aromatic rings. The Hall–Kier alpha value is -3.58. The fraction of sp³-hybridized carbons (Fsp3) is 0.240. The smallest absolute Gasteiger partial charge is 0.254 e. The number of rotatable bonds is 7. The van der Waals surface area contributed by atoms with Gasteiger partial charge in [0.05, 0.1) is 30.8 Å². The first-order valence-corrected chi connectivity index (χ1v) is 10.4. The topological polar surface area (TPSA) is 71.5 Å². The van der Waals surface area contributed by atoms with Crippen molar-refractivity contribution in [2.45, 2.75) is 18.5 Å². The molecule has 2 atom stereocenters. The number of hydrogen-bond donors (Lipinski definition) is 1. The van der Waals surface area contributed by atoms with E-state index in [4.69, 9.17) is 4.74 Å². The molecule has 0 spiro atoms. The second-order valence-electron chi connectivity index (χ2n) is 7.59. The standard InChI is InChI=1S/C25H24FN3O3/c1-32-15-14-29-23(17-9-11-18(26)12-10-17)22(20-7-2-3-8-21(20)25(29)31)24(30)28-16-19-6-4-5-13-27-19/h2-13,22-23H,14-16H2,1H3,(H,28,30). The van der Waals surface area contributed by atoms with Crippen LogP contribution in [-0.4, -0.2) is 42.0 Å². The summed E-state index contributed by atoms with van der Waals surface area (Å²) in [5.41, 5.74) is 2.55. The number of ether oxygens (including phenoxy) is 1. The van der Waals surface area contributed by atoms with E-state index in [1.807, 2.05) is 30.3 Å². The second kappa shape index (κ2) is 9.70. The van der Waals surface area contributed by atoms with Gasteiger partial charge in [0.2, 0.25) is 5.91 Å². The lowest BCUT2D eigenvalue weighted by atomic mass is 9.79. The Labute approximate surface area is 186 Å². The van der Waals surface area contributed by atoms with Gasteiger partial charge < -0.3 is 15.0 Å². The molecule has 6 nitrogen and oxygen atoms in total. The first-order chi connectivity index (χ1) is 15.6. The van der Waals surface area contributed by atoms with E-state index in [-0.39, 0.29) is 24.2 Å². The molecule has 0 radical (unpaired) electrons. The molecule has 0 saturated heterocycles. The second-order valence-corrected chi connectivity index (χ2v) is 7.59. The maximum absolute atomic E-state index is 13.6. The lowest BCUT2D eigenvalue weighted by molar-refractivity contribution is -0.124. The highest BCUT2D eigenvalue weighted by molar-refractivity contribution is 6.01. The summed E-state index contributed by atoms with van der Waals surface area (Å²) < 4.78 is 18.9. The van der Waals surface area contributed by atoms with Gasteiger partial charge in [-0.15, -0.1) is 0 Å². The third kappa shape index (κ3) is 4.38. The summed E-state index contributed by atoms with van der Waals surface area (Å²) in [6.45, 7) is 0.879. The van der Waals surface area contributed by atoms with Crippen LogP contribution in [0.1, 0.15) is 39.1 Å². The van der Waals surface area contributed by atoms with E-state index in [2.05, 4.69) is 10.3 Å². The van der Waals surface area contributed by atoms with Crippen molar-refractivity contribution in [2.24, 2.45) is 0 Å². The van der Waals surface area contributed by atoms with Crippen LogP contribution >= 0.6 is 0 Å². The molecule has 1 aliphatic heterocycles. The Morgan fingerprint density at radius 2 is 1.84 bits per heavy atom. The average molecular weight is 433 g/mol. The number of methoxy groups -OCH3 is 1. The van der Waals surface area contributed by atoms with Crippen molar-refractivity contribution in [3.63, 3.8) is 0 Å². The quantitative estimate of drug-likeness (QED) is 0.620. The lowest BCUT2D eigenvalue weighted by Crippen LogP contribution is -2.48. The van der Waals surface area contributed by atoms with E-state index in [0.29, 0.717) is 29.8 Å². The minimum absolute atomic E-state index is 0.180. The van der Waals surface area contributed by atoms with Gasteiger partial charge >= 0.3 is 0 Å². The monoisotopic (exact) mass is 433 g/mol. The van der Waals surface area contributed by atoms with Gasteiger partial charge in [0.1, 0.15) is 5.82 Å². The number of halogens is 1. The zero-order valence-electron chi connectivity index (χ0n) is 17.7. The minimum Gasteiger partial charge on any atom is -0.383 e. The molecule has 1 aromatic heterocycles. The van der Waals surface area contributed by atoms with Crippen LogP contribution in [0.15, 0.2) is 72.9 Å². The number of benzene rings is 2. The van der Waals surface area contributed by atoms with E-state index in [9.17, 15) is 14.0 Å². The molecular formula is C25H24FN3O3. The molecule has 7 heteroatoms. The Balaban J connectivity index is 1.76. The van der Waals surface area contributed by atoms with Gasteiger partial charge in [0.25, 0.3) is 5.91 Å². The van der Waals surface area contributed by atoms with Gasteiger partial charge in [0, 0.05) is 25.4 Å². The molecule has 0 aliphatic carbocycles. The predicted octanol–water partition coefficient (Wildman–Crippen LogP) is 3.46. The largest absolute Gasteiger partial charge is 0.383 e. The van der Waals surface area contributed by atoms with Crippen LogP contribution < -0.4 is 5.32 Å². The summed E-state index contributed by atoms with van der Waals surface area (Å²) >= 11 is 0. The molecule has 164 valence electrons. The first kappa shape index (κ1) is 21.6. The average Bonchev–Trinajstić information content (AvgIpc) is 2.83. The van der Waals surface area contributed by atoms with Crippen molar-refractivity contribution < 1.29 is 18.7 Å². The minimum atomic E-state index is -0.671. The molecule has 0 bridgehead atoms. The Kier molecular flexibility index (Phi) is 6.56. The van der Waals surface area contributed by atoms with Crippen LogP contribution in [0.4, 0.5) is 4.39 Å². The van der Waals surface area contributed by atoms with Crippen molar-refractivity contribution in [2.75, 3.05) is 20.3 Å². The third-order valence-corrected chi connectivity index (χ3v) is 5.64. The molecule has 32 heavy (non-hydrogen) atoms. The Morgan fingerprint density at radius 1 is 1.09 bits per heavy atom. The highest BCUT2D eigenvalue weighted by Crippen LogP contribution is 2.42. The van der Waals surface area contributed by atoms with Crippen molar-refractivity contribution in [3.05, 3.63) is 101 Å². The van der Waals surface area contributed by atoms with Crippen molar-refractivity contribution in [1.82, 2.24) is 15.2 Å². The van der Waals surface area contributed by atoms with Gasteiger partial charge in [-0.25, -0.2) is 4.39 Å². The van der Waals surface area contributed by atoms with Crippen LogP contribution in [0.2, 0.25) is 0 Å². The van der Waals surface area contributed by atoms with Gasteiger partial charge in [0.15, 0.2) is 0 Å². The number of hydrogen-bond acceptors (Lipinski definition) is 4. The summed E-state index contributed by atoms with van der Waals surface area (Å²) in [7, 11) is 1.56. The molecular weight excluding hydrogens is 409 g/mol. The summed E-state index contributed by atoms with van der Waals surface area (Å²) in [5.74, 6) is -1.46. The zero-order chi connectivity index (χ0) is 22.5. The van der Waals surface area contributed by atoms with E-state index < -0.39 is 12.0 Å². The number of amides is 2. The maximum atomic E-state index is 13.6. The third-order valence-electron chi connectivity index (χ3n) is 5.64. The zero-order valence-corrected chi connectivity index (χ0v) is 17.7. The van der Waals surface area contributed by atoms with Gasteiger partial charge in [-0.1, -0.05) is 36.4 Å². The number of carbonyl (C=O) groups is 2. The normalized spacial score (nSPS) is 17.7. The van der Waals surface area contributed by atoms with E-state index in [1.165, 1.54) is 12.1 Å². The Morgan fingerprint density at radius 3 is 2.56 bits per heavy atom. The summed E-state index contributed by atoms with van der Waals surface area (Å²) in [6, 6.07) is 18.0. The number of nitrogens with one attached hydrogen (secondary N) is 1. The lowest BCUT2D eigenvalue weighted by Gasteiger charge is -2.41. The SMILES string of the molecule is COCCN1C(=O)c2ccccc2C(C(=O)NCc2ccccn2)C1c1ccc(F)cc1. The highest BCUT2D eigenvalue weighted by atomic mass is 19.1. The number of fused-ring (bicyclic) bond motifs is 1. The number of nitrogens with zero attached hydrogens (tertiary/aromatic N) is 2. The van der Waals surface area contributed by atoms with Gasteiger partial charge in [-0.3, -0.25) is 14.6 Å². The summed E-state index contributed by atoms with van der Waals surface area (Å²) in [4.78, 5) is 32.8. The van der Waals surface area contributed by atoms with Crippen LogP contribution in [0.5, 0.6) is 0 Å². The number of pyridine rings is 1. The molecule has 2 aromatic carbocycles. The predicted molar refractivity (Wildman–Crippen MR) is 117 cm³/mol. The van der Waals surface area contributed by atoms with Crippen molar-refractivity contribution >= 4 is 11.8 Å². The first-order valence-electron chi connectivity index (χ1n) is 10.4. The Bertz CT molecular complexity index is 1090. The van der Waals surface area contributed by atoms with Crippen LogP contribution in [0.3, 0.4) is 0 Å². The van der Waals surface area contributed by atoms with Crippen LogP contribution in [0.25, 0.3) is 0 Å². The summed E-state index contributed by atoms with van der Waals surface area (Å²) in [6.07, 6.45) is 1.67. The molecule has 2 unspecified atom stereocenters. The van der Waals surface area contributed by atoms with Gasteiger partial charge in [-0.2, -0.15) is 0 Å².